The SMILES string of the molecule is c1ccc2c(c1)-c1ccccc1-c1cc(-n3c4ccccc4c4ccccc43)ccc1-c1cc(-c3cccc4c3oc3ccccc34)ccc1-2. The smallest absolute Gasteiger partial charge is 0.143 e. The van der Waals surface area contributed by atoms with Crippen LogP contribution in [-0.4, -0.2) is 4.57 Å². The first-order valence-electron chi connectivity index (χ1n) is 17.2. The summed E-state index contributed by atoms with van der Waals surface area (Å²) in [6, 6.07) is 64.0. The van der Waals surface area contributed by atoms with E-state index in [9.17, 15) is 0 Å². The van der Waals surface area contributed by atoms with Crippen molar-refractivity contribution in [3.05, 3.63) is 176 Å². The number of rotatable bonds is 2. The topological polar surface area (TPSA) is 18.1 Å². The Morgan fingerprint density at radius 2 is 0.800 bits per heavy atom. The molecule has 0 bridgehead atoms. The van der Waals surface area contributed by atoms with Gasteiger partial charge in [-0.25, -0.2) is 0 Å². The first-order chi connectivity index (χ1) is 24.8. The highest BCUT2D eigenvalue weighted by Gasteiger charge is 2.24. The maximum Gasteiger partial charge on any atom is 0.143 e. The zero-order valence-corrected chi connectivity index (χ0v) is 27.1. The zero-order chi connectivity index (χ0) is 32.8. The second-order valence-corrected chi connectivity index (χ2v) is 13.2. The van der Waals surface area contributed by atoms with Crippen molar-refractivity contribution in [3.63, 3.8) is 0 Å². The molecule has 1 aliphatic rings. The molecule has 0 saturated heterocycles. The van der Waals surface area contributed by atoms with Crippen LogP contribution in [0.1, 0.15) is 0 Å². The van der Waals surface area contributed by atoms with Crippen LogP contribution in [0.2, 0.25) is 0 Å². The highest BCUT2D eigenvalue weighted by Crippen LogP contribution is 2.50. The molecule has 11 rings (SSSR count). The van der Waals surface area contributed by atoms with Gasteiger partial charge in [0, 0.05) is 32.8 Å². The Balaban J connectivity index is 1.22. The second kappa shape index (κ2) is 10.4. The number of nitrogens with zero attached hydrogens (tertiary/aromatic N) is 1. The number of furan rings is 1. The van der Waals surface area contributed by atoms with Crippen LogP contribution in [-0.2, 0) is 0 Å². The molecular weight excluding hydrogens is 607 g/mol. The molecule has 0 atom stereocenters. The fourth-order valence-corrected chi connectivity index (χ4v) is 8.38. The van der Waals surface area contributed by atoms with Crippen LogP contribution in [0.25, 0.3) is 105 Å². The summed E-state index contributed by atoms with van der Waals surface area (Å²) in [6.07, 6.45) is 0. The Morgan fingerprint density at radius 3 is 1.50 bits per heavy atom. The van der Waals surface area contributed by atoms with Gasteiger partial charge in [-0.2, -0.15) is 0 Å². The minimum Gasteiger partial charge on any atom is -0.455 e. The normalized spacial score (nSPS) is 12.0. The second-order valence-electron chi connectivity index (χ2n) is 13.2. The number of hydrogen-bond donors (Lipinski definition) is 0. The van der Waals surface area contributed by atoms with E-state index in [1.807, 2.05) is 6.07 Å². The lowest BCUT2D eigenvalue weighted by Gasteiger charge is -2.24. The van der Waals surface area contributed by atoms with E-state index in [0.717, 1.165) is 38.8 Å². The van der Waals surface area contributed by atoms with Crippen molar-refractivity contribution in [3.8, 4) is 61.3 Å². The van der Waals surface area contributed by atoms with Crippen molar-refractivity contribution >= 4 is 43.7 Å². The Kier molecular flexibility index (Phi) is 5.70. The average Bonchev–Trinajstić information content (AvgIpc) is 3.73. The third-order valence-corrected chi connectivity index (χ3v) is 10.6. The molecule has 50 heavy (non-hydrogen) atoms. The molecule has 2 nitrogen and oxygen atoms in total. The van der Waals surface area contributed by atoms with E-state index in [0.29, 0.717) is 0 Å². The summed E-state index contributed by atoms with van der Waals surface area (Å²) in [4.78, 5) is 0. The van der Waals surface area contributed by atoms with Gasteiger partial charge in [0.1, 0.15) is 11.2 Å². The molecule has 0 amide bonds. The largest absolute Gasteiger partial charge is 0.455 e. The van der Waals surface area contributed by atoms with Crippen molar-refractivity contribution in [2.24, 2.45) is 0 Å². The molecule has 1 aliphatic carbocycles. The standard InChI is InChI=1S/C48H29NO/c1-2-14-35-33(12-1)34-13-3-4-15-36(34)44-29-31(49-45-21-8-5-16-39(45)40-17-6-9-22-46(40)49)25-27-38(44)43-28-30(24-26-37(35)43)32-19-11-20-42-41-18-7-10-23-47(41)50-48(32)42/h1-29H. The monoisotopic (exact) mass is 635 g/mol. The van der Waals surface area contributed by atoms with Crippen LogP contribution in [0.4, 0.5) is 0 Å². The maximum absolute atomic E-state index is 6.52. The van der Waals surface area contributed by atoms with Crippen LogP contribution >= 0.6 is 0 Å². The molecule has 0 aliphatic heterocycles. The Bertz CT molecular complexity index is 2940. The van der Waals surface area contributed by atoms with Crippen molar-refractivity contribution < 1.29 is 4.42 Å². The van der Waals surface area contributed by atoms with Crippen molar-refractivity contribution in [2.45, 2.75) is 0 Å². The quantitative estimate of drug-likeness (QED) is 0.185. The number of aromatic nitrogens is 1. The summed E-state index contributed by atoms with van der Waals surface area (Å²) < 4.78 is 8.94. The van der Waals surface area contributed by atoms with Gasteiger partial charge in [-0.3, -0.25) is 0 Å². The van der Waals surface area contributed by atoms with Crippen LogP contribution < -0.4 is 0 Å². The van der Waals surface area contributed by atoms with Crippen LogP contribution in [0.15, 0.2) is 180 Å². The molecule has 0 radical (unpaired) electrons. The van der Waals surface area contributed by atoms with Gasteiger partial charge in [-0.05, 0) is 86.5 Å². The molecule has 0 saturated carbocycles. The summed E-state index contributed by atoms with van der Waals surface area (Å²) in [7, 11) is 0. The zero-order valence-electron chi connectivity index (χ0n) is 27.1. The lowest BCUT2D eigenvalue weighted by atomic mass is 9.80. The van der Waals surface area contributed by atoms with Gasteiger partial charge in [0.15, 0.2) is 0 Å². The van der Waals surface area contributed by atoms with Gasteiger partial charge in [0.25, 0.3) is 0 Å². The Hall–Kier alpha value is -6.64. The molecule has 8 aromatic carbocycles. The van der Waals surface area contributed by atoms with E-state index in [1.165, 1.54) is 66.3 Å². The predicted octanol–water partition coefficient (Wildman–Crippen LogP) is 13.3. The highest BCUT2D eigenvalue weighted by atomic mass is 16.3. The molecule has 0 fully saturated rings. The minimum absolute atomic E-state index is 0.912. The molecule has 10 aromatic rings. The third-order valence-electron chi connectivity index (χ3n) is 10.6. The molecular formula is C48H29NO. The Morgan fingerprint density at radius 1 is 0.320 bits per heavy atom. The Labute approximate surface area is 289 Å². The molecule has 2 aromatic heterocycles. The van der Waals surface area contributed by atoms with E-state index in [1.54, 1.807) is 0 Å². The van der Waals surface area contributed by atoms with Crippen LogP contribution in [0, 0.1) is 0 Å². The van der Waals surface area contributed by atoms with Crippen molar-refractivity contribution in [1.82, 2.24) is 4.57 Å². The van der Waals surface area contributed by atoms with E-state index >= 15 is 0 Å². The average molecular weight is 636 g/mol. The summed E-state index contributed by atoms with van der Waals surface area (Å²) >= 11 is 0. The van der Waals surface area contributed by atoms with Gasteiger partial charge in [-0.1, -0.05) is 140 Å². The van der Waals surface area contributed by atoms with E-state index in [2.05, 4.69) is 174 Å². The van der Waals surface area contributed by atoms with E-state index in [4.69, 9.17) is 4.42 Å². The molecule has 0 N–H and O–H groups in total. The predicted molar refractivity (Wildman–Crippen MR) is 209 cm³/mol. The van der Waals surface area contributed by atoms with Gasteiger partial charge < -0.3 is 8.98 Å². The summed E-state index contributed by atoms with van der Waals surface area (Å²) in [6.45, 7) is 0. The van der Waals surface area contributed by atoms with E-state index < -0.39 is 0 Å². The van der Waals surface area contributed by atoms with Crippen molar-refractivity contribution in [2.75, 3.05) is 0 Å². The summed E-state index contributed by atoms with van der Waals surface area (Å²) in [5.41, 5.74) is 17.4. The third kappa shape index (κ3) is 3.85. The molecule has 2 heteroatoms. The lowest BCUT2D eigenvalue weighted by molar-refractivity contribution is 0.670. The van der Waals surface area contributed by atoms with Crippen molar-refractivity contribution in [1.29, 1.82) is 0 Å². The molecule has 0 unspecified atom stereocenters. The highest BCUT2D eigenvalue weighted by molar-refractivity contribution is 6.12. The molecule has 0 spiro atoms. The van der Waals surface area contributed by atoms with Gasteiger partial charge in [-0.15, -0.1) is 0 Å². The van der Waals surface area contributed by atoms with Crippen LogP contribution in [0.3, 0.4) is 0 Å². The number of para-hydroxylation sites is 4. The molecule has 2 heterocycles. The fraction of sp³-hybridized carbons (Fsp3) is 0. The first kappa shape index (κ1) is 27.3. The summed E-state index contributed by atoms with van der Waals surface area (Å²) in [5.74, 6) is 0. The van der Waals surface area contributed by atoms with Crippen LogP contribution in [0.5, 0.6) is 0 Å². The minimum atomic E-state index is 0.912. The number of benzene rings is 8. The molecule has 232 valence electrons. The first-order valence-corrected chi connectivity index (χ1v) is 17.2. The van der Waals surface area contributed by atoms with Gasteiger partial charge in [0.05, 0.1) is 11.0 Å². The van der Waals surface area contributed by atoms with Gasteiger partial charge >= 0.3 is 0 Å². The van der Waals surface area contributed by atoms with Gasteiger partial charge in [0.2, 0.25) is 0 Å². The van der Waals surface area contributed by atoms with E-state index in [-0.39, 0.29) is 0 Å². The number of fused-ring (bicyclic) bond motifs is 14. The lowest BCUT2D eigenvalue weighted by Crippen LogP contribution is -2.00. The maximum atomic E-state index is 6.52. The fourth-order valence-electron chi connectivity index (χ4n) is 8.38. The summed E-state index contributed by atoms with van der Waals surface area (Å²) in [5, 5.41) is 4.81. The number of hydrogen-bond acceptors (Lipinski definition) is 1.